The quantitative estimate of drug-likeness (QED) is 0.246. The predicted octanol–water partition coefficient (Wildman–Crippen LogP) is 3.79. The second-order valence-electron chi connectivity index (χ2n) is 6.75. The van der Waals surface area contributed by atoms with Gasteiger partial charge in [-0.05, 0) is 60.2 Å². The number of benzene rings is 3. The molecule has 0 atom stereocenters. The molecule has 0 fully saturated rings. The van der Waals surface area contributed by atoms with Crippen LogP contribution in [0.3, 0.4) is 0 Å². The number of nitrogens with zero attached hydrogens (tertiary/aromatic N) is 1. The second-order valence-corrected chi connectivity index (χ2v) is 6.75. The third-order valence-electron chi connectivity index (χ3n) is 4.51. The van der Waals surface area contributed by atoms with Crippen LogP contribution in [0.15, 0.2) is 84.6 Å². The number of ether oxygens (including phenoxy) is 1. The first-order valence-corrected chi connectivity index (χ1v) is 9.69. The summed E-state index contributed by atoms with van der Waals surface area (Å²) in [5, 5.41) is 16.1. The summed E-state index contributed by atoms with van der Waals surface area (Å²) in [5.41, 5.74) is 1.35. The van der Waals surface area contributed by atoms with Crippen molar-refractivity contribution in [2.75, 3.05) is 12.4 Å². The minimum absolute atomic E-state index is 0.0743. The van der Waals surface area contributed by atoms with Crippen LogP contribution in [0.4, 0.5) is 11.4 Å². The van der Waals surface area contributed by atoms with Crippen LogP contribution in [0, 0.1) is 10.1 Å². The molecule has 0 aliphatic heterocycles. The van der Waals surface area contributed by atoms with E-state index < -0.39 is 22.7 Å². The molecule has 166 valence electrons. The van der Waals surface area contributed by atoms with Gasteiger partial charge in [0, 0.05) is 23.4 Å². The third kappa shape index (κ3) is 6.11. The normalized spacial score (nSPS) is 10.8. The fourth-order valence-electron chi connectivity index (χ4n) is 2.81. The van der Waals surface area contributed by atoms with Crippen LogP contribution in [-0.2, 0) is 9.53 Å². The maximum atomic E-state index is 12.9. The van der Waals surface area contributed by atoms with Crippen LogP contribution < -0.4 is 10.6 Å². The molecule has 0 radical (unpaired) electrons. The average Bonchev–Trinajstić information content (AvgIpc) is 2.84. The molecule has 3 aromatic rings. The van der Waals surface area contributed by atoms with Crippen molar-refractivity contribution in [3.05, 3.63) is 111 Å². The number of nitro groups is 1. The van der Waals surface area contributed by atoms with Gasteiger partial charge in [0.25, 0.3) is 17.5 Å². The van der Waals surface area contributed by atoms with Crippen LogP contribution >= 0.6 is 0 Å². The largest absolute Gasteiger partial charge is 0.465 e. The Bertz CT molecular complexity index is 1200. The predicted molar refractivity (Wildman–Crippen MR) is 121 cm³/mol. The highest BCUT2D eigenvalue weighted by Gasteiger charge is 2.16. The van der Waals surface area contributed by atoms with Crippen molar-refractivity contribution in [2.24, 2.45) is 0 Å². The lowest BCUT2D eigenvalue weighted by Gasteiger charge is -2.12. The fourth-order valence-corrected chi connectivity index (χ4v) is 2.81. The molecular formula is C24H19N3O6. The first-order valence-electron chi connectivity index (χ1n) is 9.69. The van der Waals surface area contributed by atoms with Crippen molar-refractivity contribution in [2.45, 2.75) is 0 Å². The van der Waals surface area contributed by atoms with Gasteiger partial charge in [-0.25, -0.2) is 4.79 Å². The van der Waals surface area contributed by atoms with Crippen LogP contribution in [0.1, 0.15) is 26.3 Å². The zero-order chi connectivity index (χ0) is 23.8. The minimum atomic E-state index is -0.622. The summed E-state index contributed by atoms with van der Waals surface area (Å²) < 4.78 is 4.65. The Morgan fingerprint density at radius 1 is 0.879 bits per heavy atom. The summed E-state index contributed by atoms with van der Waals surface area (Å²) in [6, 6.07) is 19.9. The van der Waals surface area contributed by atoms with Crippen LogP contribution in [0.5, 0.6) is 0 Å². The van der Waals surface area contributed by atoms with Crippen molar-refractivity contribution < 1.29 is 24.0 Å². The lowest BCUT2D eigenvalue weighted by molar-refractivity contribution is -0.384. The molecule has 0 bridgehead atoms. The van der Waals surface area contributed by atoms with Gasteiger partial charge in [0.2, 0.25) is 0 Å². The highest BCUT2D eigenvalue weighted by Crippen LogP contribution is 2.16. The van der Waals surface area contributed by atoms with E-state index in [2.05, 4.69) is 15.4 Å². The number of non-ortho nitro benzene ring substituents is 1. The molecule has 2 amide bonds. The second kappa shape index (κ2) is 10.5. The van der Waals surface area contributed by atoms with Crippen molar-refractivity contribution in [1.82, 2.24) is 5.32 Å². The molecule has 3 aromatic carbocycles. The summed E-state index contributed by atoms with van der Waals surface area (Å²) in [6.07, 6.45) is 1.41. The summed E-state index contributed by atoms with van der Waals surface area (Å²) >= 11 is 0. The first-order chi connectivity index (χ1) is 15.9. The third-order valence-corrected chi connectivity index (χ3v) is 4.51. The maximum absolute atomic E-state index is 12.9. The number of hydrogen-bond donors (Lipinski definition) is 2. The van der Waals surface area contributed by atoms with E-state index in [1.165, 1.54) is 61.7 Å². The van der Waals surface area contributed by atoms with Gasteiger partial charge in [0.05, 0.1) is 17.6 Å². The topological polar surface area (TPSA) is 128 Å². The lowest BCUT2D eigenvalue weighted by atomic mass is 10.1. The maximum Gasteiger partial charge on any atom is 0.337 e. The van der Waals surface area contributed by atoms with Gasteiger partial charge in [0.15, 0.2) is 0 Å². The molecule has 0 spiro atoms. The Labute approximate surface area is 188 Å². The number of amides is 2. The average molecular weight is 445 g/mol. The van der Waals surface area contributed by atoms with E-state index in [0.29, 0.717) is 22.4 Å². The number of nitro benzene ring substituents is 1. The molecule has 3 rings (SSSR count). The summed E-state index contributed by atoms with van der Waals surface area (Å²) in [4.78, 5) is 47.5. The molecule has 0 unspecified atom stereocenters. The Balaban J connectivity index is 1.86. The Kier molecular flexibility index (Phi) is 7.28. The summed E-state index contributed by atoms with van der Waals surface area (Å²) in [6.45, 7) is 0. The fraction of sp³-hybridized carbons (Fsp3) is 0.0417. The SMILES string of the molecule is COC(=O)c1ccc(NC(=O)C(=Cc2ccc([N+](=O)[O-])cc2)NC(=O)c2ccccc2)cc1. The molecule has 33 heavy (non-hydrogen) atoms. The molecule has 0 aliphatic carbocycles. The molecule has 0 aliphatic rings. The van der Waals surface area contributed by atoms with Crippen molar-refractivity contribution >= 4 is 35.2 Å². The summed E-state index contributed by atoms with van der Waals surface area (Å²) in [5.74, 6) is -1.63. The van der Waals surface area contributed by atoms with Gasteiger partial charge < -0.3 is 15.4 Å². The van der Waals surface area contributed by atoms with Crippen molar-refractivity contribution in [1.29, 1.82) is 0 Å². The smallest absolute Gasteiger partial charge is 0.337 e. The highest BCUT2D eigenvalue weighted by molar-refractivity contribution is 6.10. The minimum Gasteiger partial charge on any atom is -0.465 e. The van der Waals surface area contributed by atoms with Gasteiger partial charge in [-0.15, -0.1) is 0 Å². The van der Waals surface area contributed by atoms with E-state index in [0.717, 1.165) is 0 Å². The molecule has 0 heterocycles. The first kappa shape index (κ1) is 22.9. The lowest BCUT2D eigenvalue weighted by Crippen LogP contribution is -2.30. The van der Waals surface area contributed by atoms with Gasteiger partial charge in [-0.2, -0.15) is 0 Å². The molecule has 0 saturated carbocycles. The van der Waals surface area contributed by atoms with E-state index in [-0.39, 0.29) is 11.4 Å². The number of nitrogens with one attached hydrogen (secondary N) is 2. The Morgan fingerprint density at radius 2 is 1.52 bits per heavy atom. The van der Waals surface area contributed by atoms with Gasteiger partial charge >= 0.3 is 5.97 Å². The van der Waals surface area contributed by atoms with Gasteiger partial charge in [-0.1, -0.05) is 18.2 Å². The number of rotatable bonds is 7. The Morgan fingerprint density at radius 3 is 2.09 bits per heavy atom. The number of methoxy groups -OCH3 is 1. The molecular weight excluding hydrogens is 426 g/mol. The number of esters is 1. The van der Waals surface area contributed by atoms with Crippen molar-refractivity contribution in [3.63, 3.8) is 0 Å². The van der Waals surface area contributed by atoms with E-state index in [9.17, 15) is 24.5 Å². The molecule has 9 heteroatoms. The van der Waals surface area contributed by atoms with E-state index >= 15 is 0 Å². The summed E-state index contributed by atoms with van der Waals surface area (Å²) in [7, 11) is 1.27. The Hall–Kier alpha value is -4.79. The monoisotopic (exact) mass is 445 g/mol. The number of anilines is 1. The van der Waals surface area contributed by atoms with E-state index in [1.807, 2.05) is 0 Å². The standard InChI is InChI=1S/C24H19N3O6/c1-33-24(30)18-9-11-19(12-10-18)25-23(29)21(26-22(28)17-5-3-2-4-6-17)15-16-7-13-20(14-8-16)27(31)32/h2-15H,1H3,(H,25,29)(H,26,28). The number of hydrogen-bond acceptors (Lipinski definition) is 6. The number of carbonyl (C=O) groups is 3. The molecule has 0 saturated heterocycles. The van der Waals surface area contributed by atoms with Gasteiger partial charge in [-0.3, -0.25) is 19.7 Å². The highest BCUT2D eigenvalue weighted by atomic mass is 16.6. The zero-order valence-corrected chi connectivity index (χ0v) is 17.5. The van der Waals surface area contributed by atoms with Crippen LogP contribution in [-0.4, -0.2) is 29.8 Å². The van der Waals surface area contributed by atoms with E-state index in [1.54, 1.807) is 30.3 Å². The van der Waals surface area contributed by atoms with Crippen LogP contribution in [0.25, 0.3) is 6.08 Å². The molecule has 9 nitrogen and oxygen atoms in total. The number of carbonyl (C=O) groups excluding carboxylic acids is 3. The molecule has 0 aromatic heterocycles. The molecule has 2 N–H and O–H groups in total. The van der Waals surface area contributed by atoms with Crippen LogP contribution in [0.2, 0.25) is 0 Å². The zero-order valence-electron chi connectivity index (χ0n) is 17.5. The van der Waals surface area contributed by atoms with Crippen molar-refractivity contribution in [3.8, 4) is 0 Å². The van der Waals surface area contributed by atoms with Gasteiger partial charge in [0.1, 0.15) is 5.70 Å². The van der Waals surface area contributed by atoms with E-state index in [4.69, 9.17) is 0 Å².